The van der Waals surface area contributed by atoms with Crippen molar-refractivity contribution in [1.82, 2.24) is 9.88 Å². The van der Waals surface area contributed by atoms with Crippen LogP contribution < -0.4 is 0 Å². The molecular weight excluding hydrogens is 248 g/mol. The highest BCUT2D eigenvalue weighted by Gasteiger charge is 2.22. The molecule has 1 atom stereocenters. The molecule has 2 aromatic rings. The standard InChI is InChI=1S/C17H22N2O/c1-12-6-7-16-14(9-12)15(10-18-16)17(20)11-19-8-4-3-5-13(19)2/h6-7,9-10,13,18H,3-5,8,11H2,1-2H3. The molecule has 0 bridgehead atoms. The number of aryl methyl sites for hydroxylation is 1. The first-order valence-electron chi connectivity index (χ1n) is 7.50. The van der Waals surface area contributed by atoms with Gasteiger partial charge in [0, 0.05) is 28.7 Å². The zero-order valence-corrected chi connectivity index (χ0v) is 12.3. The van der Waals surface area contributed by atoms with E-state index < -0.39 is 0 Å². The Morgan fingerprint density at radius 2 is 2.25 bits per heavy atom. The van der Waals surface area contributed by atoms with Gasteiger partial charge in [0.25, 0.3) is 0 Å². The van der Waals surface area contributed by atoms with E-state index >= 15 is 0 Å². The van der Waals surface area contributed by atoms with E-state index in [2.05, 4.69) is 35.9 Å². The predicted octanol–water partition coefficient (Wildman–Crippen LogP) is 3.53. The number of fused-ring (bicyclic) bond motifs is 1. The van der Waals surface area contributed by atoms with Crippen molar-refractivity contribution in [2.75, 3.05) is 13.1 Å². The van der Waals surface area contributed by atoms with Crippen LogP contribution in [-0.2, 0) is 0 Å². The van der Waals surface area contributed by atoms with E-state index in [1.807, 2.05) is 12.3 Å². The molecule has 0 amide bonds. The normalized spacial score (nSPS) is 20.4. The first kappa shape index (κ1) is 13.4. The minimum Gasteiger partial charge on any atom is -0.360 e. The van der Waals surface area contributed by atoms with Gasteiger partial charge in [0.1, 0.15) is 0 Å². The maximum absolute atomic E-state index is 12.6. The van der Waals surface area contributed by atoms with Gasteiger partial charge >= 0.3 is 0 Å². The van der Waals surface area contributed by atoms with Crippen LogP contribution in [0.2, 0.25) is 0 Å². The summed E-state index contributed by atoms with van der Waals surface area (Å²) in [4.78, 5) is 18.1. The van der Waals surface area contributed by atoms with Gasteiger partial charge in [-0.25, -0.2) is 0 Å². The van der Waals surface area contributed by atoms with E-state index in [1.165, 1.54) is 24.8 Å². The first-order chi connectivity index (χ1) is 9.65. The minimum absolute atomic E-state index is 0.232. The summed E-state index contributed by atoms with van der Waals surface area (Å²) < 4.78 is 0. The fourth-order valence-corrected chi connectivity index (χ4v) is 3.13. The second kappa shape index (κ2) is 5.41. The summed E-state index contributed by atoms with van der Waals surface area (Å²) in [5.74, 6) is 0.232. The lowest BCUT2D eigenvalue weighted by molar-refractivity contribution is 0.0862. The van der Waals surface area contributed by atoms with Gasteiger partial charge < -0.3 is 4.98 Å². The third-order valence-electron chi connectivity index (χ3n) is 4.42. The van der Waals surface area contributed by atoms with Crippen molar-refractivity contribution in [2.45, 2.75) is 39.2 Å². The van der Waals surface area contributed by atoms with Gasteiger partial charge in [0.05, 0.1) is 6.54 Å². The molecule has 0 spiro atoms. The van der Waals surface area contributed by atoms with Crippen LogP contribution in [0.3, 0.4) is 0 Å². The van der Waals surface area contributed by atoms with Crippen LogP contribution in [0.15, 0.2) is 24.4 Å². The Bertz CT molecular complexity index is 629. The second-order valence-corrected chi connectivity index (χ2v) is 5.99. The second-order valence-electron chi connectivity index (χ2n) is 5.99. The molecule has 3 heteroatoms. The number of benzene rings is 1. The Morgan fingerprint density at radius 1 is 1.40 bits per heavy atom. The van der Waals surface area contributed by atoms with E-state index in [9.17, 15) is 4.79 Å². The number of nitrogens with zero attached hydrogens (tertiary/aromatic N) is 1. The molecule has 3 rings (SSSR count). The Hall–Kier alpha value is -1.61. The lowest BCUT2D eigenvalue weighted by Gasteiger charge is -2.32. The van der Waals surface area contributed by atoms with Crippen LogP contribution in [0.25, 0.3) is 10.9 Å². The van der Waals surface area contributed by atoms with E-state index in [0.29, 0.717) is 12.6 Å². The molecule has 0 aliphatic carbocycles. The number of aromatic nitrogens is 1. The molecule has 1 N–H and O–H groups in total. The van der Waals surface area contributed by atoms with Crippen molar-refractivity contribution >= 4 is 16.7 Å². The molecule has 1 unspecified atom stereocenters. The number of carbonyl (C=O) groups excluding carboxylic acids is 1. The lowest BCUT2D eigenvalue weighted by Crippen LogP contribution is -2.40. The molecule has 0 radical (unpaired) electrons. The van der Waals surface area contributed by atoms with Crippen molar-refractivity contribution in [2.24, 2.45) is 0 Å². The number of rotatable bonds is 3. The third-order valence-corrected chi connectivity index (χ3v) is 4.42. The van der Waals surface area contributed by atoms with E-state index in [4.69, 9.17) is 0 Å². The topological polar surface area (TPSA) is 36.1 Å². The first-order valence-corrected chi connectivity index (χ1v) is 7.50. The van der Waals surface area contributed by atoms with Crippen molar-refractivity contribution < 1.29 is 4.79 Å². The molecule has 1 aromatic heterocycles. The molecule has 20 heavy (non-hydrogen) atoms. The summed E-state index contributed by atoms with van der Waals surface area (Å²) in [5.41, 5.74) is 3.07. The van der Waals surface area contributed by atoms with Crippen LogP contribution in [-0.4, -0.2) is 34.8 Å². The molecule has 1 saturated heterocycles. The summed E-state index contributed by atoms with van der Waals surface area (Å²) in [5, 5.41) is 1.06. The smallest absolute Gasteiger partial charge is 0.178 e. The Balaban J connectivity index is 1.83. The highest BCUT2D eigenvalue weighted by molar-refractivity contribution is 6.08. The average molecular weight is 270 g/mol. The fourth-order valence-electron chi connectivity index (χ4n) is 3.13. The maximum Gasteiger partial charge on any atom is 0.178 e. The largest absolute Gasteiger partial charge is 0.360 e. The van der Waals surface area contributed by atoms with Gasteiger partial charge in [0.15, 0.2) is 5.78 Å². The SMILES string of the molecule is Cc1ccc2[nH]cc(C(=O)CN3CCCCC3C)c2c1. The molecule has 1 aliphatic rings. The van der Waals surface area contributed by atoms with Gasteiger partial charge in [-0.05, 0) is 45.4 Å². The molecule has 1 aromatic carbocycles. The van der Waals surface area contributed by atoms with Gasteiger partial charge in [-0.2, -0.15) is 0 Å². The Labute approximate surface area is 120 Å². The van der Waals surface area contributed by atoms with Crippen molar-refractivity contribution in [3.63, 3.8) is 0 Å². The zero-order valence-electron chi connectivity index (χ0n) is 12.3. The Kier molecular flexibility index (Phi) is 3.62. The zero-order chi connectivity index (χ0) is 14.1. The molecule has 0 saturated carbocycles. The maximum atomic E-state index is 12.6. The summed E-state index contributed by atoms with van der Waals surface area (Å²) in [6.45, 7) is 5.88. The molecule has 106 valence electrons. The highest BCUT2D eigenvalue weighted by atomic mass is 16.1. The number of Topliss-reactive ketones (excluding diaryl/α,β-unsaturated/α-hetero) is 1. The van der Waals surface area contributed by atoms with E-state index in [1.54, 1.807) is 0 Å². The third kappa shape index (κ3) is 2.50. The number of carbonyl (C=O) groups is 1. The number of nitrogens with one attached hydrogen (secondary N) is 1. The van der Waals surface area contributed by atoms with Crippen LogP contribution in [0, 0.1) is 6.92 Å². The summed E-state index contributed by atoms with van der Waals surface area (Å²) in [6.07, 6.45) is 5.57. The van der Waals surface area contributed by atoms with Gasteiger partial charge in [-0.15, -0.1) is 0 Å². The average Bonchev–Trinajstić information content (AvgIpc) is 2.84. The monoisotopic (exact) mass is 270 g/mol. The summed E-state index contributed by atoms with van der Waals surface area (Å²) >= 11 is 0. The van der Waals surface area contributed by atoms with Crippen molar-refractivity contribution in [3.8, 4) is 0 Å². The van der Waals surface area contributed by atoms with Gasteiger partial charge in [-0.1, -0.05) is 18.1 Å². The summed E-state index contributed by atoms with van der Waals surface area (Å²) in [6, 6.07) is 6.74. The lowest BCUT2D eigenvalue weighted by atomic mass is 10.0. The van der Waals surface area contributed by atoms with E-state index in [0.717, 1.165) is 23.0 Å². The fraction of sp³-hybridized carbons (Fsp3) is 0.471. The number of aromatic amines is 1. The van der Waals surface area contributed by atoms with Crippen molar-refractivity contribution in [1.29, 1.82) is 0 Å². The molecule has 1 fully saturated rings. The van der Waals surface area contributed by atoms with Crippen LogP contribution in [0.4, 0.5) is 0 Å². The minimum atomic E-state index is 0.232. The molecular formula is C17H22N2O. The summed E-state index contributed by atoms with van der Waals surface area (Å²) in [7, 11) is 0. The van der Waals surface area contributed by atoms with Crippen LogP contribution in [0.5, 0.6) is 0 Å². The number of likely N-dealkylation sites (tertiary alicyclic amines) is 1. The number of piperidine rings is 1. The van der Waals surface area contributed by atoms with Gasteiger partial charge in [-0.3, -0.25) is 9.69 Å². The van der Waals surface area contributed by atoms with Crippen molar-refractivity contribution in [3.05, 3.63) is 35.5 Å². The number of hydrogen-bond acceptors (Lipinski definition) is 2. The van der Waals surface area contributed by atoms with E-state index in [-0.39, 0.29) is 5.78 Å². The quantitative estimate of drug-likeness (QED) is 0.866. The molecule has 3 nitrogen and oxygen atoms in total. The Morgan fingerprint density at radius 3 is 3.05 bits per heavy atom. The number of H-pyrrole nitrogens is 1. The van der Waals surface area contributed by atoms with Crippen LogP contribution in [0.1, 0.15) is 42.1 Å². The number of hydrogen-bond donors (Lipinski definition) is 1. The molecule has 1 aliphatic heterocycles. The van der Waals surface area contributed by atoms with Gasteiger partial charge in [0.2, 0.25) is 0 Å². The highest BCUT2D eigenvalue weighted by Crippen LogP contribution is 2.22. The molecule has 2 heterocycles. The van der Waals surface area contributed by atoms with Crippen LogP contribution >= 0.6 is 0 Å². The predicted molar refractivity (Wildman–Crippen MR) is 82.3 cm³/mol. The number of ketones is 1.